The van der Waals surface area contributed by atoms with E-state index in [0.29, 0.717) is 26.4 Å². The largest absolute Gasteiger partial charge is 0.338 e. The second-order valence-corrected chi connectivity index (χ2v) is 8.47. The molecule has 2 aromatic carbocycles. The van der Waals surface area contributed by atoms with E-state index in [2.05, 4.69) is 15.2 Å². The Bertz CT molecular complexity index is 1070. The summed E-state index contributed by atoms with van der Waals surface area (Å²) in [7, 11) is 0. The minimum Gasteiger partial charge on any atom is -0.338 e. The van der Waals surface area contributed by atoms with Crippen LogP contribution < -0.4 is 0 Å². The minimum atomic E-state index is 0.525. The van der Waals surface area contributed by atoms with Gasteiger partial charge in [0.05, 0.1) is 11.4 Å². The van der Waals surface area contributed by atoms with Crippen LogP contribution in [0.3, 0.4) is 0 Å². The molecular formula is C17H11ClN4OS3. The van der Waals surface area contributed by atoms with Gasteiger partial charge in [0.2, 0.25) is 11.7 Å². The highest BCUT2D eigenvalue weighted by atomic mass is 35.5. The molecule has 4 rings (SSSR count). The molecule has 0 fully saturated rings. The van der Waals surface area contributed by atoms with E-state index in [0.717, 1.165) is 15.6 Å². The number of hydrogen-bond donors (Lipinski definition) is 0. The monoisotopic (exact) mass is 418 g/mol. The fraction of sp³-hybridized carbons (Fsp3) is 0.0588. The zero-order valence-corrected chi connectivity index (χ0v) is 16.4. The predicted octanol–water partition coefficient (Wildman–Crippen LogP) is 5.66. The highest BCUT2D eigenvalue weighted by molar-refractivity contribution is 8.00. The van der Waals surface area contributed by atoms with Crippen molar-refractivity contribution in [3.8, 4) is 17.1 Å². The Morgan fingerprint density at radius 1 is 1.12 bits per heavy atom. The van der Waals surface area contributed by atoms with Gasteiger partial charge in [0.25, 0.3) is 0 Å². The second kappa shape index (κ2) is 7.71. The summed E-state index contributed by atoms with van der Waals surface area (Å²) < 4.78 is 8.63. The molecule has 2 heterocycles. The molecule has 0 aliphatic rings. The number of rotatable bonds is 5. The van der Waals surface area contributed by atoms with Crippen LogP contribution in [-0.2, 0) is 5.75 Å². The molecule has 0 saturated heterocycles. The van der Waals surface area contributed by atoms with Gasteiger partial charge >= 0.3 is 0 Å². The van der Waals surface area contributed by atoms with Crippen molar-refractivity contribution in [3.63, 3.8) is 0 Å². The van der Waals surface area contributed by atoms with Crippen molar-refractivity contribution < 1.29 is 4.52 Å². The Kier molecular flexibility index (Phi) is 5.16. The molecule has 0 aliphatic heterocycles. The SMILES string of the molecule is S=c1sc(SCc2nc(-c3ccc(Cl)cc3)no2)nn1-c1ccccc1. The lowest BCUT2D eigenvalue weighted by molar-refractivity contribution is 0.391. The molecule has 0 radical (unpaired) electrons. The van der Waals surface area contributed by atoms with Crippen molar-refractivity contribution in [1.29, 1.82) is 0 Å². The maximum absolute atomic E-state index is 5.90. The number of para-hydroxylation sites is 1. The molecule has 26 heavy (non-hydrogen) atoms. The average Bonchev–Trinajstić information content (AvgIpc) is 3.28. The molecular weight excluding hydrogens is 408 g/mol. The van der Waals surface area contributed by atoms with Crippen molar-refractivity contribution in [3.05, 3.63) is 69.5 Å². The molecule has 0 bridgehead atoms. The fourth-order valence-corrected chi connectivity index (χ4v) is 4.53. The smallest absolute Gasteiger partial charge is 0.237 e. The highest BCUT2D eigenvalue weighted by Gasteiger charge is 2.11. The van der Waals surface area contributed by atoms with Crippen LogP contribution in [-0.4, -0.2) is 19.9 Å². The van der Waals surface area contributed by atoms with E-state index in [9.17, 15) is 0 Å². The van der Waals surface area contributed by atoms with Gasteiger partial charge in [-0.05, 0) is 48.6 Å². The first-order valence-corrected chi connectivity index (χ1v) is 10.1. The van der Waals surface area contributed by atoms with Crippen LogP contribution in [0.5, 0.6) is 0 Å². The van der Waals surface area contributed by atoms with E-state index in [1.807, 2.05) is 42.5 Å². The van der Waals surface area contributed by atoms with Crippen molar-refractivity contribution in [2.75, 3.05) is 0 Å². The summed E-state index contributed by atoms with van der Waals surface area (Å²) in [6.45, 7) is 0. The van der Waals surface area contributed by atoms with Crippen molar-refractivity contribution >= 4 is 46.9 Å². The van der Waals surface area contributed by atoms with E-state index < -0.39 is 0 Å². The van der Waals surface area contributed by atoms with E-state index in [4.69, 9.17) is 28.3 Å². The van der Waals surface area contributed by atoms with Gasteiger partial charge in [-0.25, -0.2) is 4.68 Å². The number of thioether (sulfide) groups is 1. The van der Waals surface area contributed by atoms with Gasteiger partial charge in [-0.2, -0.15) is 4.98 Å². The van der Waals surface area contributed by atoms with Crippen LogP contribution in [0.25, 0.3) is 17.1 Å². The van der Waals surface area contributed by atoms with Crippen LogP contribution >= 0.6 is 46.9 Å². The summed E-state index contributed by atoms with van der Waals surface area (Å²) in [6.07, 6.45) is 0. The number of aromatic nitrogens is 4. The molecule has 2 aromatic heterocycles. The number of benzene rings is 2. The van der Waals surface area contributed by atoms with Gasteiger partial charge in [-0.3, -0.25) is 0 Å². The number of halogens is 1. The van der Waals surface area contributed by atoms with E-state index in [-0.39, 0.29) is 0 Å². The molecule has 0 atom stereocenters. The third-order valence-corrected chi connectivity index (χ3v) is 6.02. The standard InChI is InChI=1S/C17H11ClN4OS3/c18-12-8-6-11(7-9-12)15-19-14(23-21-15)10-25-16-20-22(17(24)26-16)13-4-2-1-3-5-13/h1-9H,10H2. The summed E-state index contributed by atoms with van der Waals surface area (Å²) in [5.74, 6) is 1.60. The third-order valence-electron chi connectivity index (χ3n) is 3.42. The predicted molar refractivity (Wildman–Crippen MR) is 107 cm³/mol. The van der Waals surface area contributed by atoms with E-state index >= 15 is 0 Å². The van der Waals surface area contributed by atoms with Crippen molar-refractivity contribution in [2.45, 2.75) is 10.1 Å². The summed E-state index contributed by atoms with van der Waals surface area (Å²) in [5, 5.41) is 9.24. The van der Waals surface area contributed by atoms with Crippen LogP contribution in [0.2, 0.25) is 5.02 Å². The number of hydrogen-bond acceptors (Lipinski definition) is 7. The highest BCUT2D eigenvalue weighted by Crippen LogP contribution is 2.27. The molecule has 0 aliphatic carbocycles. The van der Waals surface area contributed by atoms with Gasteiger partial charge in [0.1, 0.15) is 0 Å². The van der Waals surface area contributed by atoms with Gasteiger partial charge in [0, 0.05) is 10.6 Å². The second-order valence-electron chi connectivity index (χ2n) is 5.19. The molecule has 130 valence electrons. The molecule has 0 saturated carbocycles. The third kappa shape index (κ3) is 3.88. The summed E-state index contributed by atoms with van der Waals surface area (Å²) >= 11 is 14.3. The Morgan fingerprint density at radius 3 is 2.65 bits per heavy atom. The molecule has 4 aromatic rings. The number of nitrogens with zero attached hydrogens (tertiary/aromatic N) is 4. The summed E-state index contributed by atoms with van der Waals surface area (Å²) in [4.78, 5) is 4.41. The first kappa shape index (κ1) is 17.4. The Hall–Kier alpha value is -2.00. The lowest BCUT2D eigenvalue weighted by Gasteiger charge is -1.98. The Morgan fingerprint density at radius 2 is 1.88 bits per heavy atom. The fourth-order valence-electron chi connectivity index (χ4n) is 2.20. The first-order chi connectivity index (χ1) is 12.7. The van der Waals surface area contributed by atoms with Crippen LogP contribution in [0.15, 0.2) is 63.5 Å². The quantitative estimate of drug-likeness (QED) is 0.308. The zero-order valence-electron chi connectivity index (χ0n) is 13.2. The molecule has 0 spiro atoms. The Balaban J connectivity index is 1.47. The van der Waals surface area contributed by atoms with Gasteiger partial charge in [-0.1, -0.05) is 58.1 Å². The van der Waals surface area contributed by atoms with E-state index in [1.54, 1.807) is 16.8 Å². The first-order valence-electron chi connectivity index (χ1n) is 7.56. The van der Waals surface area contributed by atoms with Crippen molar-refractivity contribution in [1.82, 2.24) is 19.9 Å². The van der Waals surface area contributed by atoms with Crippen LogP contribution in [0.4, 0.5) is 0 Å². The van der Waals surface area contributed by atoms with E-state index in [1.165, 1.54) is 23.1 Å². The molecule has 0 amide bonds. The van der Waals surface area contributed by atoms with Gasteiger partial charge < -0.3 is 4.52 Å². The molecule has 0 unspecified atom stereocenters. The van der Waals surface area contributed by atoms with Crippen molar-refractivity contribution in [2.24, 2.45) is 0 Å². The maximum Gasteiger partial charge on any atom is 0.237 e. The minimum absolute atomic E-state index is 0.525. The summed E-state index contributed by atoms with van der Waals surface area (Å²) in [5.41, 5.74) is 1.81. The van der Waals surface area contributed by atoms with Gasteiger partial charge in [0.15, 0.2) is 8.29 Å². The average molecular weight is 419 g/mol. The molecule has 5 nitrogen and oxygen atoms in total. The Labute approximate surface area is 167 Å². The molecule has 9 heteroatoms. The zero-order chi connectivity index (χ0) is 17.9. The molecule has 0 N–H and O–H groups in total. The summed E-state index contributed by atoms with van der Waals surface area (Å²) in [6, 6.07) is 17.1. The lowest BCUT2D eigenvalue weighted by Crippen LogP contribution is -1.95. The topological polar surface area (TPSA) is 56.7 Å². The normalized spacial score (nSPS) is 11.0. The van der Waals surface area contributed by atoms with Crippen LogP contribution in [0, 0.1) is 3.95 Å². The lowest BCUT2D eigenvalue weighted by atomic mass is 10.2. The van der Waals surface area contributed by atoms with Gasteiger partial charge in [-0.15, -0.1) is 5.10 Å². The van der Waals surface area contributed by atoms with Crippen LogP contribution in [0.1, 0.15) is 5.89 Å². The maximum atomic E-state index is 5.90.